The third-order valence-electron chi connectivity index (χ3n) is 5.15. The molecule has 1 aromatic heterocycles. The number of phenolic OH excluding ortho intramolecular Hbond substituents is 4. The van der Waals surface area contributed by atoms with Crippen molar-refractivity contribution in [1.29, 1.82) is 0 Å². The molecule has 33 heavy (non-hydrogen) atoms. The van der Waals surface area contributed by atoms with Crippen LogP contribution < -0.4 is 17.1 Å². The highest BCUT2D eigenvalue weighted by Gasteiger charge is 2.45. The average Bonchev–Trinajstić information content (AvgIpc) is 2.76. The monoisotopic (exact) mass is 484 g/mol. The summed E-state index contributed by atoms with van der Waals surface area (Å²) >= 11 is 0. The van der Waals surface area contributed by atoms with Crippen LogP contribution in [0.2, 0.25) is 0 Å². The first-order valence-corrected chi connectivity index (χ1v) is 9.52. The van der Waals surface area contributed by atoms with E-state index in [-0.39, 0.29) is 57.7 Å². The molecule has 12 heteroatoms. The van der Waals surface area contributed by atoms with Crippen LogP contribution in [-0.4, -0.2) is 78.2 Å². The van der Waals surface area contributed by atoms with Crippen LogP contribution in [0.3, 0.4) is 0 Å². The maximum absolute atomic E-state index is 10.3. The minimum atomic E-state index is -1.71. The first-order chi connectivity index (χ1) is 15.2. The van der Waals surface area contributed by atoms with E-state index in [1.165, 1.54) is 30.3 Å². The summed E-state index contributed by atoms with van der Waals surface area (Å²) in [6, 6.07) is 7.37. The maximum Gasteiger partial charge on any atom is 0.402 e. The Balaban J connectivity index is 0.00000306. The van der Waals surface area contributed by atoms with Gasteiger partial charge in [-0.3, -0.25) is 0 Å². The quantitative estimate of drug-likeness (QED) is 0.143. The SMILES string of the molecule is OC[C@@H]1OC(Oc2cc3c(O)cc(O)cc3[o+]c2-c2ccc(O)c(O)c2)[C@@H](O)[C@H](O)[C@@H]1O.[Cl-]. The predicted molar refractivity (Wildman–Crippen MR) is 107 cm³/mol. The number of aromatic hydroxyl groups is 4. The highest BCUT2D eigenvalue weighted by atomic mass is 35.5. The van der Waals surface area contributed by atoms with E-state index < -0.39 is 43.1 Å². The molecule has 0 amide bonds. The van der Waals surface area contributed by atoms with Crippen molar-refractivity contribution < 1.29 is 67.2 Å². The van der Waals surface area contributed by atoms with Crippen LogP contribution in [0, 0.1) is 0 Å². The Morgan fingerprint density at radius 3 is 2.24 bits per heavy atom. The number of benzene rings is 2. The largest absolute Gasteiger partial charge is 1.00 e. The zero-order valence-corrected chi connectivity index (χ0v) is 17.5. The second kappa shape index (κ2) is 9.43. The van der Waals surface area contributed by atoms with E-state index >= 15 is 0 Å². The van der Waals surface area contributed by atoms with Gasteiger partial charge in [0.15, 0.2) is 11.5 Å². The number of aliphatic hydroxyl groups excluding tert-OH is 4. The summed E-state index contributed by atoms with van der Waals surface area (Å²) in [7, 11) is 0. The number of hydrogen-bond acceptors (Lipinski definition) is 10. The van der Waals surface area contributed by atoms with Crippen molar-refractivity contribution in [2.24, 2.45) is 0 Å². The number of hydrogen-bond donors (Lipinski definition) is 8. The maximum atomic E-state index is 10.3. The number of ether oxygens (including phenoxy) is 2. The van der Waals surface area contributed by atoms with Crippen molar-refractivity contribution in [1.82, 2.24) is 0 Å². The molecule has 3 aromatic rings. The van der Waals surface area contributed by atoms with Crippen molar-refractivity contribution in [3.8, 4) is 40.1 Å². The fourth-order valence-electron chi connectivity index (χ4n) is 3.43. The van der Waals surface area contributed by atoms with Gasteiger partial charge in [-0.05, 0) is 12.1 Å². The Labute approximate surface area is 192 Å². The Morgan fingerprint density at radius 2 is 1.58 bits per heavy atom. The Morgan fingerprint density at radius 1 is 0.848 bits per heavy atom. The molecule has 178 valence electrons. The molecule has 2 heterocycles. The lowest BCUT2D eigenvalue weighted by molar-refractivity contribution is -0.277. The van der Waals surface area contributed by atoms with Crippen LogP contribution in [-0.2, 0) is 4.74 Å². The Kier molecular flexibility index (Phi) is 7.03. The smallest absolute Gasteiger partial charge is 0.402 e. The number of fused-ring (bicyclic) bond motifs is 1. The summed E-state index contributed by atoms with van der Waals surface area (Å²) in [5, 5.41) is 79.2. The molecule has 0 aliphatic carbocycles. The van der Waals surface area contributed by atoms with Crippen molar-refractivity contribution >= 4 is 11.0 Å². The zero-order valence-electron chi connectivity index (χ0n) is 16.7. The normalized spacial score (nSPS) is 24.9. The highest BCUT2D eigenvalue weighted by Crippen LogP contribution is 2.42. The summed E-state index contributed by atoms with van der Waals surface area (Å²) < 4.78 is 16.8. The second-order valence-electron chi connectivity index (χ2n) is 7.34. The van der Waals surface area contributed by atoms with E-state index in [1.54, 1.807) is 0 Å². The van der Waals surface area contributed by atoms with Gasteiger partial charge in [0, 0.05) is 18.2 Å². The minimum Gasteiger partial charge on any atom is -1.00 e. The van der Waals surface area contributed by atoms with Gasteiger partial charge in [0.25, 0.3) is 0 Å². The summed E-state index contributed by atoms with van der Waals surface area (Å²) in [4.78, 5) is 0. The molecule has 5 atom stereocenters. The van der Waals surface area contributed by atoms with Gasteiger partial charge < -0.3 is 62.7 Å². The molecule has 8 N–H and O–H groups in total. The topological polar surface area (TPSA) is 192 Å². The van der Waals surface area contributed by atoms with Gasteiger partial charge in [-0.1, -0.05) is 0 Å². The van der Waals surface area contributed by atoms with Crippen molar-refractivity contribution in [2.75, 3.05) is 6.61 Å². The fraction of sp³-hybridized carbons (Fsp3) is 0.286. The molecule has 1 aliphatic heterocycles. The van der Waals surface area contributed by atoms with Gasteiger partial charge in [0.1, 0.15) is 41.3 Å². The van der Waals surface area contributed by atoms with E-state index in [4.69, 9.17) is 13.9 Å². The lowest BCUT2D eigenvalue weighted by Crippen LogP contribution is -3.00. The summed E-state index contributed by atoms with van der Waals surface area (Å²) in [5.41, 5.74) is 0.260. The van der Waals surface area contributed by atoms with Gasteiger partial charge in [-0.2, -0.15) is 0 Å². The van der Waals surface area contributed by atoms with E-state index in [0.29, 0.717) is 0 Å². The molecular formula is C21H21ClO11. The lowest BCUT2D eigenvalue weighted by atomic mass is 9.99. The standard InChI is InChI=1S/C21H20O11.ClH/c22-7-16-17(27)18(28)19(29)21(32-16)31-15-6-10-12(25)4-9(23)5-14(10)30-20(15)8-1-2-11(24)13(26)3-8;/h1-6,16-19,21-22,27-29H,7H2,(H3-,23,24,25,26);1H/t16-,17+,18+,19-,21?;/m0./s1. The second-order valence-corrected chi connectivity index (χ2v) is 7.34. The van der Waals surface area contributed by atoms with Gasteiger partial charge >= 0.3 is 11.3 Å². The molecule has 4 rings (SSSR count). The van der Waals surface area contributed by atoms with Crippen molar-refractivity contribution in [3.63, 3.8) is 0 Å². The fourth-order valence-corrected chi connectivity index (χ4v) is 3.43. The first-order valence-electron chi connectivity index (χ1n) is 9.52. The molecule has 0 saturated carbocycles. The third kappa shape index (κ3) is 4.55. The van der Waals surface area contributed by atoms with E-state index in [0.717, 1.165) is 6.07 Å². The third-order valence-corrected chi connectivity index (χ3v) is 5.15. The molecule has 1 aliphatic rings. The number of halogens is 1. The van der Waals surface area contributed by atoms with E-state index in [1.807, 2.05) is 0 Å². The van der Waals surface area contributed by atoms with Crippen molar-refractivity contribution in [2.45, 2.75) is 30.7 Å². The number of aliphatic hydroxyl groups is 4. The van der Waals surface area contributed by atoms with Gasteiger partial charge in [0.05, 0.1) is 18.2 Å². The lowest BCUT2D eigenvalue weighted by Gasteiger charge is -2.39. The summed E-state index contributed by atoms with van der Waals surface area (Å²) in [6.45, 7) is -0.661. The molecule has 2 aromatic carbocycles. The van der Waals surface area contributed by atoms with Crippen LogP contribution in [0.1, 0.15) is 0 Å². The molecule has 0 spiro atoms. The summed E-state index contributed by atoms with van der Waals surface area (Å²) in [6.07, 6.45) is -7.76. The van der Waals surface area contributed by atoms with Crippen LogP contribution in [0.4, 0.5) is 0 Å². The van der Waals surface area contributed by atoms with Crippen LogP contribution >= 0.6 is 0 Å². The molecule has 11 nitrogen and oxygen atoms in total. The van der Waals surface area contributed by atoms with Gasteiger partial charge in [-0.25, -0.2) is 4.42 Å². The number of phenols is 4. The minimum absolute atomic E-state index is 0. The molecular weight excluding hydrogens is 464 g/mol. The van der Waals surface area contributed by atoms with Crippen molar-refractivity contribution in [3.05, 3.63) is 36.4 Å². The van der Waals surface area contributed by atoms with Gasteiger partial charge in [-0.15, -0.1) is 0 Å². The molecule has 1 unspecified atom stereocenters. The zero-order chi connectivity index (χ0) is 23.2. The molecule has 0 radical (unpaired) electrons. The molecule has 1 fully saturated rings. The molecule has 0 bridgehead atoms. The van der Waals surface area contributed by atoms with Crippen LogP contribution in [0.15, 0.2) is 40.8 Å². The molecule has 1 saturated heterocycles. The predicted octanol–water partition coefficient (Wildman–Crippen LogP) is -2.61. The van der Waals surface area contributed by atoms with E-state index in [2.05, 4.69) is 0 Å². The Bertz CT molecular complexity index is 1150. The Hall–Kier alpha value is -3.06. The van der Waals surface area contributed by atoms with Crippen LogP contribution in [0.25, 0.3) is 22.3 Å². The highest BCUT2D eigenvalue weighted by molar-refractivity contribution is 5.88. The van der Waals surface area contributed by atoms with Crippen LogP contribution in [0.5, 0.6) is 28.7 Å². The first kappa shape index (κ1) is 24.6. The van der Waals surface area contributed by atoms with E-state index in [9.17, 15) is 40.9 Å². The average molecular weight is 485 g/mol. The number of rotatable bonds is 4. The van der Waals surface area contributed by atoms with Gasteiger partial charge in [0.2, 0.25) is 12.0 Å². The summed E-state index contributed by atoms with van der Waals surface area (Å²) in [5.74, 6) is -1.64.